The van der Waals surface area contributed by atoms with Crippen molar-refractivity contribution >= 4 is 23.3 Å². The predicted octanol–water partition coefficient (Wildman–Crippen LogP) is 1.43. The molecule has 112 valence electrons. The second-order valence-electron chi connectivity index (χ2n) is 5.75. The summed E-state index contributed by atoms with van der Waals surface area (Å²) >= 11 is 0. The van der Waals surface area contributed by atoms with Crippen molar-refractivity contribution in [1.82, 2.24) is 5.32 Å². The van der Waals surface area contributed by atoms with E-state index >= 15 is 0 Å². The van der Waals surface area contributed by atoms with Gasteiger partial charge in [0.2, 0.25) is 5.91 Å². The summed E-state index contributed by atoms with van der Waals surface area (Å²) in [7, 11) is 0. The van der Waals surface area contributed by atoms with Crippen molar-refractivity contribution in [3.63, 3.8) is 0 Å². The highest BCUT2D eigenvalue weighted by atomic mass is 16.2. The molecule has 0 atom stereocenters. The predicted molar refractivity (Wildman–Crippen MR) is 81.2 cm³/mol. The van der Waals surface area contributed by atoms with Gasteiger partial charge in [0.05, 0.1) is 5.54 Å². The van der Waals surface area contributed by atoms with Crippen LogP contribution in [0, 0.1) is 0 Å². The van der Waals surface area contributed by atoms with Crippen molar-refractivity contribution in [2.75, 3.05) is 23.3 Å². The molecule has 3 amide bonds. The Hall–Kier alpha value is -2.08. The van der Waals surface area contributed by atoms with Crippen LogP contribution in [-0.2, 0) is 4.79 Å². The number of nitrogens with one attached hydrogen (secondary N) is 2. The summed E-state index contributed by atoms with van der Waals surface area (Å²) in [6.07, 6.45) is 3.45. The fourth-order valence-corrected chi connectivity index (χ4v) is 2.96. The minimum Gasteiger partial charge on any atom is -0.336 e. The molecule has 1 aromatic rings. The van der Waals surface area contributed by atoms with E-state index in [9.17, 15) is 9.59 Å². The van der Waals surface area contributed by atoms with E-state index in [0.717, 1.165) is 31.4 Å². The number of nitrogens with two attached hydrogens (primary N) is 1. The number of nitrogens with zero attached hydrogens (tertiary/aromatic N) is 1. The summed E-state index contributed by atoms with van der Waals surface area (Å²) < 4.78 is 0. The zero-order chi connectivity index (χ0) is 14.9. The summed E-state index contributed by atoms with van der Waals surface area (Å²) in [5.74, 6) is -0.136. The average molecular weight is 288 g/mol. The van der Waals surface area contributed by atoms with Gasteiger partial charge in [0.25, 0.3) is 0 Å². The fraction of sp³-hybridized carbons (Fsp3) is 0.467. The van der Waals surface area contributed by atoms with E-state index in [-0.39, 0.29) is 11.9 Å². The van der Waals surface area contributed by atoms with Crippen molar-refractivity contribution < 1.29 is 9.59 Å². The largest absolute Gasteiger partial charge is 0.336 e. The Kier molecular flexibility index (Phi) is 3.55. The number of anilines is 2. The van der Waals surface area contributed by atoms with Crippen molar-refractivity contribution in [2.24, 2.45) is 5.73 Å². The third kappa shape index (κ3) is 2.71. The first kappa shape index (κ1) is 13.9. The van der Waals surface area contributed by atoms with Gasteiger partial charge in [0.1, 0.15) is 0 Å². The van der Waals surface area contributed by atoms with Gasteiger partial charge in [-0.25, -0.2) is 4.79 Å². The second kappa shape index (κ2) is 5.37. The van der Waals surface area contributed by atoms with Crippen molar-refractivity contribution in [3.05, 3.63) is 24.3 Å². The molecule has 1 aliphatic heterocycles. The molecule has 2 fully saturated rings. The molecule has 0 unspecified atom stereocenters. The molecule has 0 radical (unpaired) electrons. The van der Waals surface area contributed by atoms with Crippen LogP contribution in [0.4, 0.5) is 16.2 Å². The van der Waals surface area contributed by atoms with Gasteiger partial charge >= 0.3 is 6.03 Å². The Morgan fingerprint density at radius 2 is 2.10 bits per heavy atom. The van der Waals surface area contributed by atoms with Crippen LogP contribution in [0.15, 0.2) is 24.3 Å². The molecule has 4 N–H and O–H groups in total. The van der Waals surface area contributed by atoms with Gasteiger partial charge in [0, 0.05) is 24.5 Å². The number of benzene rings is 1. The molecule has 1 heterocycles. The molecule has 6 heteroatoms. The van der Waals surface area contributed by atoms with E-state index in [1.54, 1.807) is 11.0 Å². The first-order valence-electron chi connectivity index (χ1n) is 7.34. The lowest BCUT2D eigenvalue weighted by molar-refractivity contribution is -0.121. The smallest absolute Gasteiger partial charge is 0.321 e. The summed E-state index contributed by atoms with van der Waals surface area (Å²) in [5.41, 5.74) is 6.85. The zero-order valence-electron chi connectivity index (χ0n) is 11.9. The number of urea groups is 1. The molecule has 0 aromatic heterocycles. The maximum Gasteiger partial charge on any atom is 0.321 e. The number of hydrogen-bond donors (Lipinski definition) is 3. The minimum atomic E-state index is -0.749. The lowest BCUT2D eigenvalue weighted by Gasteiger charge is -2.23. The van der Waals surface area contributed by atoms with Crippen molar-refractivity contribution in [1.29, 1.82) is 0 Å². The molecule has 3 rings (SSSR count). The lowest BCUT2D eigenvalue weighted by atomic mass is 9.98. The Morgan fingerprint density at radius 3 is 2.76 bits per heavy atom. The van der Waals surface area contributed by atoms with Crippen LogP contribution in [0.3, 0.4) is 0 Å². The van der Waals surface area contributed by atoms with E-state index < -0.39 is 5.54 Å². The van der Waals surface area contributed by atoms with Gasteiger partial charge in [-0.15, -0.1) is 0 Å². The second-order valence-corrected chi connectivity index (χ2v) is 5.75. The number of carbonyl (C=O) groups excluding carboxylic acids is 2. The number of amides is 3. The standard InChI is InChI=1S/C15H20N4O2/c16-15(6-1-2-7-15)13(20)18-11-4-3-5-12(10-11)19-9-8-17-14(19)21/h3-5,10H,1-2,6-9,16H2,(H,17,21)(H,18,20). The number of carbonyl (C=O) groups is 2. The molecule has 1 aromatic carbocycles. The van der Waals surface area contributed by atoms with Crippen LogP contribution in [0.25, 0.3) is 0 Å². The third-order valence-corrected chi connectivity index (χ3v) is 4.22. The van der Waals surface area contributed by atoms with Gasteiger partial charge in [-0.05, 0) is 31.0 Å². The molecule has 6 nitrogen and oxygen atoms in total. The summed E-state index contributed by atoms with van der Waals surface area (Å²) in [5, 5.41) is 5.64. The van der Waals surface area contributed by atoms with Gasteiger partial charge in [0.15, 0.2) is 0 Å². The highest BCUT2D eigenvalue weighted by molar-refractivity contribution is 5.99. The molecule has 2 aliphatic rings. The summed E-state index contributed by atoms with van der Waals surface area (Å²) in [6.45, 7) is 1.28. The highest BCUT2D eigenvalue weighted by Gasteiger charge is 2.37. The number of hydrogen-bond acceptors (Lipinski definition) is 3. The monoisotopic (exact) mass is 288 g/mol. The first-order valence-corrected chi connectivity index (χ1v) is 7.34. The van der Waals surface area contributed by atoms with Gasteiger partial charge in [-0.1, -0.05) is 18.9 Å². The highest BCUT2D eigenvalue weighted by Crippen LogP contribution is 2.29. The maximum absolute atomic E-state index is 12.3. The van der Waals surface area contributed by atoms with E-state index in [1.165, 1.54) is 0 Å². The summed E-state index contributed by atoms with van der Waals surface area (Å²) in [6, 6.07) is 7.20. The maximum atomic E-state index is 12.3. The molecule has 1 saturated carbocycles. The first-order chi connectivity index (χ1) is 10.1. The van der Waals surface area contributed by atoms with E-state index in [4.69, 9.17) is 5.73 Å². The number of rotatable bonds is 3. The lowest BCUT2D eigenvalue weighted by Crippen LogP contribution is -2.48. The SMILES string of the molecule is NC1(C(=O)Nc2cccc(N3CCNC3=O)c2)CCCC1. The van der Waals surface area contributed by atoms with E-state index in [0.29, 0.717) is 18.8 Å². The molecule has 21 heavy (non-hydrogen) atoms. The van der Waals surface area contributed by atoms with Crippen LogP contribution in [0.2, 0.25) is 0 Å². The van der Waals surface area contributed by atoms with Gasteiger partial charge < -0.3 is 16.4 Å². The summed E-state index contributed by atoms with van der Waals surface area (Å²) in [4.78, 5) is 25.6. The minimum absolute atomic E-state index is 0.107. The van der Waals surface area contributed by atoms with E-state index in [1.807, 2.05) is 18.2 Å². The van der Waals surface area contributed by atoms with Crippen molar-refractivity contribution in [2.45, 2.75) is 31.2 Å². The van der Waals surface area contributed by atoms with Crippen LogP contribution < -0.4 is 21.3 Å². The normalized spacial score (nSPS) is 20.4. The zero-order valence-corrected chi connectivity index (χ0v) is 11.9. The van der Waals surface area contributed by atoms with Crippen LogP contribution >= 0.6 is 0 Å². The third-order valence-electron chi connectivity index (χ3n) is 4.22. The molecule has 0 bridgehead atoms. The van der Waals surface area contributed by atoms with Crippen LogP contribution in [0.1, 0.15) is 25.7 Å². The Morgan fingerprint density at radius 1 is 1.33 bits per heavy atom. The molecule has 0 spiro atoms. The average Bonchev–Trinajstić information content (AvgIpc) is 3.09. The van der Waals surface area contributed by atoms with E-state index in [2.05, 4.69) is 10.6 Å². The van der Waals surface area contributed by atoms with Crippen LogP contribution in [0.5, 0.6) is 0 Å². The molecule has 1 aliphatic carbocycles. The van der Waals surface area contributed by atoms with Crippen molar-refractivity contribution in [3.8, 4) is 0 Å². The Bertz CT molecular complexity index is 567. The van der Waals surface area contributed by atoms with Crippen LogP contribution in [-0.4, -0.2) is 30.6 Å². The molecular weight excluding hydrogens is 268 g/mol. The quantitative estimate of drug-likeness (QED) is 0.786. The Labute approximate surface area is 123 Å². The Balaban J connectivity index is 1.74. The topological polar surface area (TPSA) is 87.5 Å². The fourth-order valence-electron chi connectivity index (χ4n) is 2.96. The molecule has 1 saturated heterocycles. The van der Waals surface area contributed by atoms with Gasteiger partial charge in [-0.3, -0.25) is 9.69 Å². The van der Waals surface area contributed by atoms with Gasteiger partial charge in [-0.2, -0.15) is 0 Å². The molecular formula is C15H20N4O2.